The van der Waals surface area contributed by atoms with E-state index in [1.165, 1.54) is 0 Å². The van der Waals surface area contributed by atoms with Crippen molar-refractivity contribution in [2.75, 3.05) is 19.8 Å². The van der Waals surface area contributed by atoms with Crippen molar-refractivity contribution in [1.82, 2.24) is 15.5 Å². The van der Waals surface area contributed by atoms with Gasteiger partial charge in [-0.2, -0.15) is 5.10 Å². The second-order valence-electron chi connectivity index (χ2n) is 4.18. The van der Waals surface area contributed by atoms with Crippen molar-refractivity contribution < 1.29 is 9.53 Å². The number of aromatic amines is 1. The average Bonchev–Trinajstić information content (AvgIpc) is 2.88. The van der Waals surface area contributed by atoms with Crippen LogP contribution in [0.2, 0.25) is 0 Å². The summed E-state index contributed by atoms with van der Waals surface area (Å²) in [6.45, 7) is 4.24. The molecule has 1 fully saturated rings. The summed E-state index contributed by atoms with van der Waals surface area (Å²) >= 11 is 0. The lowest BCUT2D eigenvalue weighted by Gasteiger charge is -2.08. The Bertz CT molecular complexity index is 356. The molecule has 2 rings (SSSR count). The van der Waals surface area contributed by atoms with Crippen molar-refractivity contribution in [3.05, 3.63) is 17.5 Å². The van der Waals surface area contributed by atoms with Gasteiger partial charge < -0.3 is 10.1 Å². The number of aryl methyl sites for hydroxylation is 1. The number of hydrogen-bond donors (Lipinski definition) is 2. The van der Waals surface area contributed by atoms with Gasteiger partial charge in [0.05, 0.1) is 11.8 Å². The molecule has 2 N–H and O–H groups in total. The normalized spacial score (nSPS) is 19.9. The predicted octanol–water partition coefficient (Wildman–Crippen LogP) is 0.875. The maximum Gasteiger partial charge on any atom is 0.254 e. The third-order valence-electron chi connectivity index (χ3n) is 2.94. The lowest BCUT2D eigenvalue weighted by Crippen LogP contribution is -2.26. The predicted molar refractivity (Wildman–Crippen MR) is 59.2 cm³/mol. The maximum atomic E-state index is 11.7. The molecule has 88 valence electrons. The molecule has 1 aromatic heterocycles. The first-order valence-electron chi connectivity index (χ1n) is 5.63. The van der Waals surface area contributed by atoms with Gasteiger partial charge in [-0.05, 0) is 25.7 Å². The highest BCUT2D eigenvalue weighted by Gasteiger charge is 2.16. The third-order valence-corrected chi connectivity index (χ3v) is 2.94. The number of carbonyl (C=O) groups is 1. The quantitative estimate of drug-likeness (QED) is 0.796. The van der Waals surface area contributed by atoms with Gasteiger partial charge in [-0.15, -0.1) is 0 Å². The van der Waals surface area contributed by atoms with Gasteiger partial charge in [0, 0.05) is 25.5 Å². The molecule has 0 saturated carbocycles. The molecule has 0 bridgehead atoms. The van der Waals surface area contributed by atoms with Crippen molar-refractivity contribution in [3.63, 3.8) is 0 Å². The molecule has 1 amide bonds. The van der Waals surface area contributed by atoms with Crippen molar-refractivity contribution in [1.29, 1.82) is 0 Å². The second kappa shape index (κ2) is 5.12. The molecular formula is C11H17N3O2. The van der Waals surface area contributed by atoms with Crippen LogP contribution in [0.25, 0.3) is 0 Å². The van der Waals surface area contributed by atoms with Crippen LogP contribution in [0.4, 0.5) is 0 Å². The number of H-pyrrole nitrogens is 1. The Morgan fingerprint density at radius 3 is 3.25 bits per heavy atom. The number of nitrogens with one attached hydrogen (secondary N) is 2. The number of amides is 1. The summed E-state index contributed by atoms with van der Waals surface area (Å²) < 4.78 is 5.28. The fourth-order valence-electron chi connectivity index (χ4n) is 1.88. The van der Waals surface area contributed by atoms with Crippen molar-refractivity contribution in [2.45, 2.75) is 19.8 Å². The molecule has 1 atom stereocenters. The van der Waals surface area contributed by atoms with Crippen LogP contribution in [0.1, 0.15) is 28.9 Å². The fraction of sp³-hybridized carbons (Fsp3) is 0.636. The zero-order valence-electron chi connectivity index (χ0n) is 9.45. The monoisotopic (exact) mass is 223 g/mol. The van der Waals surface area contributed by atoms with E-state index in [2.05, 4.69) is 15.5 Å². The molecule has 0 radical (unpaired) electrons. The number of ether oxygens (including phenoxy) is 1. The third kappa shape index (κ3) is 2.61. The van der Waals surface area contributed by atoms with E-state index in [0.717, 1.165) is 31.7 Å². The summed E-state index contributed by atoms with van der Waals surface area (Å²) in [5.41, 5.74) is 1.43. The molecule has 1 saturated heterocycles. The molecule has 1 aliphatic rings. The summed E-state index contributed by atoms with van der Waals surface area (Å²) in [5.74, 6) is 0.552. The highest BCUT2D eigenvalue weighted by atomic mass is 16.5. The number of aromatic nitrogens is 2. The molecule has 1 aromatic rings. The Morgan fingerprint density at radius 2 is 2.62 bits per heavy atom. The van der Waals surface area contributed by atoms with Crippen molar-refractivity contribution >= 4 is 5.91 Å². The summed E-state index contributed by atoms with van der Waals surface area (Å²) in [6, 6.07) is 0. The lowest BCUT2D eigenvalue weighted by molar-refractivity contribution is 0.0950. The van der Waals surface area contributed by atoms with E-state index in [1.807, 2.05) is 6.92 Å². The topological polar surface area (TPSA) is 67.0 Å². The van der Waals surface area contributed by atoms with E-state index in [-0.39, 0.29) is 5.91 Å². The molecule has 1 aliphatic heterocycles. The zero-order chi connectivity index (χ0) is 11.4. The van der Waals surface area contributed by atoms with Crippen LogP contribution in [-0.4, -0.2) is 35.9 Å². The van der Waals surface area contributed by atoms with Crippen LogP contribution >= 0.6 is 0 Å². The minimum atomic E-state index is -0.0508. The minimum absolute atomic E-state index is 0.0508. The summed E-state index contributed by atoms with van der Waals surface area (Å²) in [7, 11) is 0. The number of hydrogen-bond acceptors (Lipinski definition) is 3. The molecule has 2 heterocycles. The Balaban J connectivity index is 1.73. The van der Waals surface area contributed by atoms with E-state index in [4.69, 9.17) is 4.74 Å². The van der Waals surface area contributed by atoms with E-state index in [1.54, 1.807) is 6.20 Å². The van der Waals surface area contributed by atoms with Crippen LogP contribution in [0.5, 0.6) is 0 Å². The van der Waals surface area contributed by atoms with Gasteiger partial charge in [-0.25, -0.2) is 0 Å². The van der Waals surface area contributed by atoms with Crippen LogP contribution in [0.15, 0.2) is 6.20 Å². The van der Waals surface area contributed by atoms with Crippen molar-refractivity contribution in [2.24, 2.45) is 5.92 Å². The van der Waals surface area contributed by atoms with E-state index in [0.29, 0.717) is 18.0 Å². The van der Waals surface area contributed by atoms with Crippen LogP contribution in [-0.2, 0) is 4.74 Å². The Hall–Kier alpha value is -1.36. The SMILES string of the molecule is Cc1[nH]ncc1C(=O)NCCC1CCOC1. The lowest BCUT2D eigenvalue weighted by atomic mass is 10.1. The molecule has 1 unspecified atom stereocenters. The molecule has 0 spiro atoms. The number of carbonyl (C=O) groups excluding carboxylic acids is 1. The minimum Gasteiger partial charge on any atom is -0.381 e. The van der Waals surface area contributed by atoms with Gasteiger partial charge in [0.1, 0.15) is 0 Å². The highest BCUT2D eigenvalue weighted by molar-refractivity contribution is 5.94. The smallest absolute Gasteiger partial charge is 0.254 e. The van der Waals surface area contributed by atoms with E-state index in [9.17, 15) is 4.79 Å². The molecule has 16 heavy (non-hydrogen) atoms. The van der Waals surface area contributed by atoms with Crippen molar-refractivity contribution in [3.8, 4) is 0 Å². The first kappa shape index (κ1) is 11.1. The van der Waals surface area contributed by atoms with Gasteiger partial charge in [0.15, 0.2) is 0 Å². The Kier molecular flexibility index (Phi) is 3.56. The average molecular weight is 223 g/mol. The molecule has 5 nitrogen and oxygen atoms in total. The summed E-state index contributed by atoms with van der Waals surface area (Å²) in [4.78, 5) is 11.7. The number of rotatable bonds is 4. The van der Waals surface area contributed by atoms with E-state index < -0.39 is 0 Å². The van der Waals surface area contributed by atoms with Gasteiger partial charge in [-0.3, -0.25) is 9.89 Å². The molecular weight excluding hydrogens is 206 g/mol. The molecule has 0 aromatic carbocycles. The first-order valence-corrected chi connectivity index (χ1v) is 5.63. The van der Waals surface area contributed by atoms with Gasteiger partial charge in [0.2, 0.25) is 0 Å². The van der Waals surface area contributed by atoms with Crippen LogP contribution in [0.3, 0.4) is 0 Å². The largest absolute Gasteiger partial charge is 0.381 e. The van der Waals surface area contributed by atoms with Gasteiger partial charge in [0.25, 0.3) is 5.91 Å². The van der Waals surface area contributed by atoms with Crippen LogP contribution in [0, 0.1) is 12.8 Å². The van der Waals surface area contributed by atoms with Crippen LogP contribution < -0.4 is 5.32 Å². The Morgan fingerprint density at radius 1 is 1.75 bits per heavy atom. The standard InChI is InChI=1S/C11H17N3O2/c1-8-10(6-13-14-8)11(15)12-4-2-9-3-5-16-7-9/h6,9H,2-5,7H2,1H3,(H,12,15)(H,13,14). The highest BCUT2D eigenvalue weighted by Crippen LogP contribution is 2.15. The Labute approximate surface area is 94.6 Å². The van der Waals surface area contributed by atoms with Gasteiger partial charge in [-0.1, -0.05) is 0 Å². The molecule has 5 heteroatoms. The molecule has 0 aliphatic carbocycles. The summed E-state index contributed by atoms with van der Waals surface area (Å²) in [5, 5.41) is 9.47. The number of nitrogens with zero attached hydrogens (tertiary/aromatic N) is 1. The zero-order valence-corrected chi connectivity index (χ0v) is 9.45. The summed E-state index contributed by atoms with van der Waals surface area (Å²) in [6.07, 6.45) is 3.66. The fourth-order valence-corrected chi connectivity index (χ4v) is 1.88. The first-order chi connectivity index (χ1) is 7.77. The maximum absolute atomic E-state index is 11.7. The second-order valence-corrected chi connectivity index (χ2v) is 4.18. The van der Waals surface area contributed by atoms with E-state index >= 15 is 0 Å². The van der Waals surface area contributed by atoms with Gasteiger partial charge >= 0.3 is 0 Å².